The van der Waals surface area contributed by atoms with Gasteiger partial charge in [0.15, 0.2) is 0 Å². The van der Waals surface area contributed by atoms with E-state index in [1.807, 2.05) is 42.5 Å². The Balaban J connectivity index is 2.17. The van der Waals surface area contributed by atoms with Gasteiger partial charge in [0, 0.05) is 5.56 Å². The predicted octanol–water partition coefficient (Wildman–Crippen LogP) is 3.55. The molecule has 0 unspecified atom stereocenters. The third kappa shape index (κ3) is 2.74. The van der Waals surface area contributed by atoms with Crippen molar-refractivity contribution >= 4 is 6.08 Å². The van der Waals surface area contributed by atoms with Crippen molar-refractivity contribution in [2.75, 3.05) is 14.2 Å². The topological polar surface area (TPSA) is 31.6 Å². The fourth-order valence-electron chi connectivity index (χ4n) is 1.81. The van der Waals surface area contributed by atoms with E-state index in [4.69, 9.17) is 13.9 Å². The number of hydrogen-bond acceptors (Lipinski definition) is 3. The second kappa shape index (κ2) is 5.96. The molecule has 0 bridgehead atoms. The van der Waals surface area contributed by atoms with Gasteiger partial charge < -0.3 is 13.9 Å². The van der Waals surface area contributed by atoms with E-state index in [1.54, 1.807) is 20.5 Å². The Labute approximate surface area is 107 Å². The van der Waals surface area contributed by atoms with Crippen LogP contribution in [0.3, 0.4) is 0 Å². The molecule has 0 spiro atoms. The molecule has 1 aromatic heterocycles. The molecule has 0 aliphatic rings. The molecule has 1 heterocycles. The first-order valence-corrected chi connectivity index (χ1v) is 5.75. The van der Waals surface area contributed by atoms with Gasteiger partial charge in [-0.15, -0.1) is 0 Å². The van der Waals surface area contributed by atoms with E-state index in [-0.39, 0.29) is 0 Å². The summed E-state index contributed by atoms with van der Waals surface area (Å²) in [5.74, 6) is 2.50. The number of rotatable bonds is 5. The summed E-state index contributed by atoms with van der Waals surface area (Å²) in [6.45, 7) is 0. The first-order valence-electron chi connectivity index (χ1n) is 5.75. The lowest BCUT2D eigenvalue weighted by Crippen LogP contribution is -1.95. The summed E-state index contributed by atoms with van der Waals surface area (Å²) in [5, 5.41) is 0. The van der Waals surface area contributed by atoms with Crippen molar-refractivity contribution in [3.05, 3.63) is 54.0 Å². The van der Waals surface area contributed by atoms with Gasteiger partial charge in [-0.05, 0) is 36.8 Å². The third-order valence-corrected chi connectivity index (χ3v) is 2.68. The summed E-state index contributed by atoms with van der Waals surface area (Å²) in [6, 6.07) is 9.55. The zero-order valence-electron chi connectivity index (χ0n) is 10.6. The van der Waals surface area contributed by atoms with Crippen molar-refractivity contribution in [3.8, 4) is 11.5 Å². The number of furan rings is 1. The van der Waals surface area contributed by atoms with Crippen LogP contribution in [0.4, 0.5) is 0 Å². The van der Waals surface area contributed by atoms with Gasteiger partial charge in [-0.1, -0.05) is 12.1 Å². The average molecular weight is 244 g/mol. The first-order chi connectivity index (χ1) is 8.85. The molecule has 0 fully saturated rings. The minimum absolute atomic E-state index is 0.730. The third-order valence-electron chi connectivity index (χ3n) is 2.68. The highest BCUT2D eigenvalue weighted by atomic mass is 16.5. The molecule has 0 saturated heterocycles. The van der Waals surface area contributed by atoms with Crippen LogP contribution in [0.25, 0.3) is 6.08 Å². The Hall–Kier alpha value is -2.16. The van der Waals surface area contributed by atoms with E-state index in [0.717, 1.165) is 29.2 Å². The molecule has 0 aliphatic heterocycles. The van der Waals surface area contributed by atoms with Crippen molar-refractivity contribution in [1.82, 2.24) is 0 Å². The normalized spacial score (nSPS) is 10.8. The molecule has 94 valence electrons. The van der Waals surface area contributed by atoms with Crippen LogP contribution < -0.4 is 9.47 Å². The van der Waals surface area contributed by atoms with E-state index < -0.39 is 0 Å². The predicted molar refractivity (Wildman–Crippen MR) is 71.0 cm³/mol. The second-order valence-electron chi connectivity index (χ2n) is 3.76. The highest BCUT2D eigenvalue weighted by molar-refractivity contribution is 5.49. The van der Waals surface area contributed by atoms with Gasteiger partial charge in [0.05, 0.1) is 20.5 Å². The fourth-order valence-corrected chi connectivity index (χ4v) is 1.81. The molecule has 0 radical (unpaired) electrons. The standard InChI is InChI=1S/C15H16O3/c1-16-14-9-4-10-15(17-2)13(14)8-3-6-12-7-5-11-18-12/h3-7,9-11H,8H2,1-2H3/b6-3+. The number of methoxy groups -OCH3 is 2. The van der Waals surface area contributed by atoms with Crippen molar-refractivity contribution in [3.63, 3.8) is 0 Å². The summed E-state index contributed by atoms with van der Waals surface area (Å²) in [5.41, 5.74) is 1.03. The summed E-state index contributed by atoms with van der Waals surface area (Å²) >= 11 is 0. The summed E-state index contributed by atoms with van der Waals surface area (Å²) in [6.07, 6.45) is 6.35. The molecular formula is C15H16O3. The minimum atomic E-state index is 0.730. The van der Waals surface area contributed by atoms with Crippen molar-refractivity contribution in [1.29, 1.82) is 0 Å². The van der Waals surface area contributed by atoms with Gasteiger partial charge >= 0.3 is 0 Å². The maximum absolute atomic E-state index is 5.34. The molecule has 0 aliphatic carbocycles. The summed E-state index contributed by atoms with van der Waals surface area (Å²) in [7, 11) is 3.32. The van der Waals surface area contributed by atoms with Crippen LogP contribution in [0, 0.1) is 0 Å². The SMILES string of the molecule is COc1cccc(OC)c1C/C=C/c1ccco1. The van der Waals surface area contributed by atoms with E-state index in [2.05, 4.69) is 0 Å². The molecule has 0 N–H and O–H groups in total. The van der Waals surface area contributed by atoms with Crippen LogP contribution in [-0.4, -0.2) is 14.2 Å². The molecule has 3 nitrogen and oxygen atoms in total. The van der Waals surface area contributed by atoms with Gasteiger partial charge in [-0.25, -0.2) is 0 Å². The maximum atomic E-state index is 5.34. The van der Waals surface area contributed by atoms with Crippen molar-refractivity contribution in [2.45, 2.75) is 6.42 Å². The molecule has 0 saturated carbocycles. The Morgan fingerprint density at radius 3 is 2.33 bits per heavy atom. The molecule has 0 amide bonds. The Bertz CT molecular complexity index is 490. The summed E-state index contributed by atoms with van der Waals surface area (Å²) in [4.78, 5) is 0. The fraction of sp³-hybridized carbons (Fsp3) is 0.200. The first kappa shape index (κ1) is 12.3. The Morgan fingerprint density at radius 1 is 1.06 bits per heavy atom. The molecule has 3 heteroatoms. The van der Waals surface area contributed by atoms with Crippen molar-refractivity contribution < 1.29 is 13.9 Å². The number of allylic oxidation sites excluding steroid dienone is 1. The van der Waals surface area contributed by atoms with E-state index in [0.29, 0.717) is 0 Å². The molecule has 0 atom stereocenters. The largest absolute Gasteiger partial charge is 0.496 e. The van der Waals surface area contributed by atoms with E-state index in [1.165, 1.54) is 0 Å². The van der Waals surface area contributed by atoms with Crippen LogP contribution in [0.2, 0.25) is 0 Å². The lowest BCUT2D eigenvalue weighted by Gasteiger charge is -2.11. The van der Waals surface area contributed by atoms with Gasteiger partial charge in [0.25, 0.3) is 0 Å². The van der Waals surface area contributed by atoms with Gasteiger partial charge in [0.2, 0.25) is 0 Å². The Morgan fingerprint density at radius 2 is 1.78 bits per heavy atom. The zero-order chi connectivity index (χ0) is 12.8. The van der Waals surface area contributed by atoms with Crippen LogP contribution in [0.5, 0.6) is 11.5 Å². The smallest absolute Gasteiger partial charge is 0.126 e. The molecular weight excluding hydrogens is 228 g/mol. The number of hydrogen-bond donors (Lipinski definition) is 0. The van der Waals surface area contributed by atoms with Crippen LogP contribution in [0.1, 0.15) is 11.3 Å². The molecule has 18 heavy (non-hydrogen) atoms. The quantitative estimate of drug-likeness (QED) is 0.806. The maximum Gasteiger partial charge on any atom is 0.126 e. The number of benzene rings is 1. The van der Waals surface area contributed by atoms with Gasteiger partial charge in [0.1, 0.15) is 17.3 Å². The lowest BCUT2D eigenvalue weighted by molar-refractivity contribution is 0.387. The Kier molecular flexibility index (Phi) is 4.07. The van der Waals surface area contributed by atoms with Crippen molar-refractivity contribution in [2.24, 2.45) is 0 Å². The van der Waals surface area contributed by atoms with E-state index in [9.17, 15) is 0 Å². The second-order valence-corrected chi connectivity index (χ2v) is 3.76. The lowest BCUT2D eigenvalue weighted by atomic mass is 10.1. The van der Waals surface area contributed by atoms with Crippen LogP contribution in [-0.2, 0) is 6.42 Å². The average Bonchev–Trinajstić information content (AvgIpc) is 2.92. The molecule has 1 aromatic carbocycles. The zero-order valence-corrected chi connectivity index (χ0v) is 10.6. The van der Waals surface area contributed by atoms with Gasteiger partial charge in [-0.3, -0.25) is 0 Å². The summed E-state index contributed by atoms with van der Waals surface area (Å²) < 4.78 is 15.9. The highest BCUT2D eigenvalue weighted by Crippen LogP contribution is 2.28. The highest BCUT2D eigenvalue weighted by Gasteiger charge is 2.07. The monoisotopic (exact) mass is 244 g/mol. The van der Waals surface area contributed by atoms with E-state index >= 15 is 0 Å². The number of ether oxygens (including phenoxy) is 2. The van der Waals surface area contributed by atoms with Crippen LogP contribution in [0.15, 0.2) is 47.1 Å². The minimum Gasteiger partial charge on any atom is -0.496 e. The molecule has 2 rings (SSSR count). The van der Waals surface area contributed by atoms with Gasteiger partial charge in [-0.2, -0.15) is 0 Å². The molecule has 2 aromatic rings. The van der Waals surface area contributed by atoms with Crippen LogP contribution >= 0.6 is 0 Å².